The third-order valence-electron chi connectivity index (χ3n) is 3.18. The average Bonchev–Trinajstić information content (AvgIpc) is 2.90. The molecule has 104 valence electrons. The molecule has 3 rings (SSSR count). The SMILES string of the molecule is Cc1cc(C(=O)n2nnc3ccccc32)ccc1[N+](=O)[O-]. The van der Waals surface area contributed by atoms with Crippen molar-refractivity contribution in [2.45, 2.75) is 6.92 Å². The Balaban J connectivity index is 2.06. The van der Waals surface area contributed by atoms with Crippen LogP contribution >= 0.6 is 0 Å². The van der Waals surface area contributed by atoms with E-state index in [1.165, 1.54) is 22.9 Å². The minimum Gasteiger partial charge on any atom is -0.267 e. The van der Waals surface area contributed by atoms with Crippen LogP contribution in [-0.4, -0.2) is 25.8 Å². The molecule has 0 aliphatic carbocycles. The largest absolute Gasteiger partial charge is 0.280 e. The fraction of sp³-hybridized carbons (Fsp3) is 0.0714. The number of nitrogens with zero attached hydrogens (tertiary/aromatic N) is 4. The maximum absolute atomic E-state index is 12.4. The molecule has 0 unspecified atom stereocenters. The molecule has 0 bridgehead atoms. The second-order valence-corrected chi connectivity index (χ2v) is 4.55. The van der Waals surface area contributed by atoms with Crippen molar-refractivity contribution in [2.75, 3.05) is 0 Å². The summed E-state index contributed by atoms with van der Waals surface area (Å²) in [5.41, 5.74) is 1.95. The van der Waals surface area contributed by atoms with E-state index in [-0.39, 0.29) is 11.6 Å². The van der Waals surface area contributed by atoms with Crippen LogP contribution in [0.1, 0.15) is 15.9 Å². The van der Waals surface area contributed by atoms with E-state index >= 15 is 0 Å². The fourth-order valence-corrected chi connectivity index (χ4v) is 2.13. The maximum atomic E-state index is 12.4. The zero-order valence-electron chi connectivity index (χ0n) is 11.1. The Labute approximate surface area is 119 Å². The second-order valence-electron chi connectivity index (χ2n) is 4.55. The molecule has 1 heterocycles. The van der Waals surface area contributed by atoms with Crippen LogP contribution in [0.2, 0.25) is 0 Å². The van der Waals surface area contributed by atoms with Gasteiger partial charge < -0.3 is 0 Å². The predicted octanol–water partition coefficient (Wildman–Crippen LogP) is 2.34. The van der Waals surface area contributed by atoms with E-state index in [1.807, 2.05) is 6.07 Å². The monoisotopic (exact) mass is 282 g/mol. The molecular formula is C14H10N4O3. The average molecular weight is 282 g/mol. The van der Waals surface area contributed by atoms with Gasteiger partial charge in [-0.25, -0.2) is 0 Å². The van der Waals surface area contributed by atoms with Gasteiger partial charge in [0.05, 0.1) is 10.4 Å². The number of aromatic nitrogens is 3. The van der Waals surface area contributed by atoms with Gasteiger partial charge in [-0.2, -0.15) is 4.68 Å². The number of rotatable bonds is 2. The van der Waals surface area contributed by atoms with Crippen molar-refractivity contribution in [3.05, 3.63) is 63.7 Å². The van der Waals surface area contributed by atoms with Crippen molar-refractivity contribution < 1.29 is 9.72 Å². The van der Waals surface area contributed by atoms with Crippen LogP contribution in [0.4, 0.5) is 5.69 Å². The standard InChI is InChI=1S/C14H10N4O3/c1-9-8-10(6-7-12(9)18(20)21)14(19)17-13-5-3-2-4-11(13)15-16-17/h2-8H,1H3. The molecular weight excluding hydrogens is 272 g/mol. The third kappa shape index (κ3) is 2.14. The number of carbonyl (C=O) groups is 1. The fourth-order valence-electron chi connectivity index (χ4n) is 2.13. The van der Waals surface area contributed by atoms with Crippen molar-refractivity contribution in [3.8, 4) is 0 Å². The van der Waals surface area contributed by atoms with Crippen molar-refractivity contribution in [1.82, 2.24) is 15.0 Å². The molecule has 7 nitrogen and oxygen atoms in total. The van der Waals surface area contributed by atoms with Crippen LogP contribution in [0.25, 0.3) is 11.0 Å². The summed E-state index contributed by atoms with van der Waals surface area (Å²) in [5.74, 6) is -0.373. The summed E-state index contributed by atoms with van der Waals surface area (Å²) in [7, 11) is 0. The summed E-state index contributed by atoms with van der Waals surface area (Å²) in [5, 5.41) is 18.6. The lowest BCUT2D eigenvalue weighted by Gasteiger charge is -2.03. The second kappa shape index (κ2) is 4.78. The van der Waals surface area contributed by atoms with Crippen molar-refractivity contribution in [2.24, 2.45) is 0 Å². The molecule has 0 radical (unpaired) electrons. The van der Waals surface area contributed by atoms with Gasteiger partial charge >= 0.3 is 0 Å². The Kier molecular flexibility index (Phi) is 2.94. The van der Waals surface area contributed by atoms with Crippen LogP contribution in [0.15, 0.2) is 42.5 Å². The highest BCUT2D eigenvalue weighted by molar-refractivity contribution is 6.00. The summed E-state index contributed by atoms with van der Waals surface area (Å²) in [6.07, 6.45) is 0. The van der Waals surface area contributed by atoms with Gasteiger partial charge in [-0.05, 0) is 31.2 Å². The number of hydrogen-bond acceptors (Lipinski definition) is 5. The summed E-state index contributed by atoms with van der Waals surface area (Å²) < 4.78 is 1.19. The Morgan fingerprint density at radius 1 is 1.24 bits per heavy atom. The van der Waals surface area contributed by atoms with Crippen LogP contribution in [0.5, 0.6) is 0 Å². The number of nitro benzene ring substituents is 1. The molecule has 0 saturated heterocycles. The van der Waals surface area contributed by atoms with Gasteiger partial charge in [0, 0.05) is 17.2 Å². The van der Waals surface area contributed by atoms with Crippen LogP contribution < -0.4 is 0 Å². The quantitative estimate of drug-likeness (QED) is 0.531. The van der Waals surface area contributed by atoms with E-state index < -0.39 is 4.92 Å². The Hall–Kier alpha value is -3.09. The summed E-state index contributed by atoms with van der Waals surface area (Å²) >= 11 is 0. The number of benzene rings is 2. The number of fused-ring (bicyclic) bond motifs is 1. The summed E-state index contributed by atoms with van der Waals surface area (Å²) in [4.78, 5) is 22.8. The molecule has 21 heavy (non-hydrogen) atoms. The van der Waals surface area contributed by atoms with E-state index in [0.717, 1.165) is 0 Å². The molecule has 0 amide bonds. The molecule has 1 aromatic heterocycles. The first-order valence-electron chi connectivity index (χ1n) is 6.18. The lowest BCUT2D eigenvalue weighted by atomic mass is 10.1. The van der Waals surface area contributed by atoms with Crippen molar-refractivity contribution in [1.29, 1.82) is 0 Å². The first kappa shape index (κ1) is 12.9. The highest BCUT2D eigenvalue weighted by Gasteiger charge is 2.17. The molecule has 0 saturated carbocycles. The van der Waals surface area contributed by atoms with Crippen LogP contribution in [0, 0.1) is 17.0 Å². The molecule has 0 spiro atoms. The van der Waals surface area contributed by atoms with E-state index in [9.17, 15) is 14.9 Å². The van der Waals surface area contributed by atoms with E-state index in [1.54, 1.807) is 25.1 Å². The Morgan fingerprint density at radius 3 is 2.71 bits per heavy atom. The summed E-state index contributed by atoms with van der Waals surface area (Å²) in [6, 6.07) is 11.3. The molecule has 0 aliphatic rings. The molecule has 2 aromatic carbocycles. The highest BCUT2D eigenvalue weighted by atomic mass is 16.6. The van der Waals surface area contributed by atoms with Gasteiger partial charge in [-0.3, -0.25) is 14.9 Å². The lowest BCUT2D eigenvalue weighted by molar-refractivity contribution is -0.385. The normalized spacial score (nSPS) is 10.7. The molecule has 0 aliphatic heterocycles. The van der Waals surface area contributed by atoms with E-state index in [0.29, 0.717) is 22.2 Å². The molecule has 0 fully saturated rings. The van der Waals surface area contributed by atoms with Gasteiger partial charge in [0.1, 0.15) is 5.52 Å². The van der Waals surface area contributed by atoms with Gasteiger partial charge in [0.25, 0.3) is 11.6 Å². The van der Waals surface area contributed by atoms with Gasteiger partial charge in [-0.15, -0.1) is 5.10 Å². The number of carbonyl (C=O) groups excluding carboxylic acids is 1. The maximum Gasteiger partial charge on any atom is 0.280 e. The highest BCUT2D eigenvalue weighted by Crippen LogP contribution is 2.20. The summed E-state index contributed by atoms with van der Waals surface area (Å²) in [6.45, 7) is 1.59. The van der Waals surface area contributed by atoms with Gasteiger partial charge in [0.15, 0.2) is 0 Å². The zero-order valence-corrected chi connectivity index (χ0v) is 11.1. The Bertz CT molecular complexity index is 870. The number of hydrogen-bond donors (Lipinski definition) is 0. The predicted molar refractivity (Wildman–Crippen MR) is 75.1 cm³/mol. The van der Waals surface area contributed by atoms with Gasteiger partial charge in [-0.1, -0.05) is 17.3 Å². The first-order chi connectivity index (χ1) is 10.1. The number of aryl methyl sites for hydroxylation is 1. The Morgan fingerprint density at radius 2 is 2.00 bits per heavy atom. The smallest absolute Gasteiger partial charge is 0.267 e. The zero-order chi connectivity index (χ0) is 15.0. The minimum atomic E-state index is -0.478. The van der Waals surface area contributed by atoms with Crippen LogP contribution in [0.3, 0.4) is 0 Å². The van der Waals surface area contributed by atoms with Gasteiger partial charge in [0.2, 0.25) is 0 Å². The third-order valence-corrected chi connectivity index (χ3v) is 3.18. The van der Waals surface area contributed by atoms with Crippen LogP contribution in [-0.2, 0) is 0 Å². The number of para-hydroxylation sites is 1. The molecule has 0 atom stereocenters. The van der Waals surface area contributed by atoms with E-state index in [4.69, 9.17) is 0 Å². The first-order valence-corrected chi connectivity index (χ1v) is 6.18. The topological polar surface area (TPSA) is 90.9 Å². The van der Waals surface area contributed by atoms with E-state index in [2.05, 4.69) is 10.3 Å². The molecule has 0 N–H and O–H groups in total. The number of nitro groups is 1. The van der Waals surface area contributed by atoms with Crippen molar-refractivity contribution in [3.63, 3.8) is 0 Å². The molecule has 7 heteroatoms. The van der Waals surface area contributed by atoms with Crippen molar-refractivity contribution >= 4 is 22.6 Å². The molecule has 3 aromatic rings. The minimum absolute atomic E-state index is 0.0185. The lowest BCUT2D eigenvalue weighted by Crippen LogP contribution is -2.14.